The standard InChI is InChI=1S/C19H19NO2/c1-3-20-11-10-14-8-9-16(13-18(14)20)15-6-5-7-17(12-15)19(21)22-4-2/h5-13H,3-4H2,1-2H3. The van der Waals surface area contributed by atoms with Gasteiger partial charge in [0.15, 0.2) is 0 Å². The third kappa shape index (κ3) is 2.62. The molecule has 0 radical (unpaired) electrons. The van der Waals surface area contributed by atoms with Crippen LogP contribution < -0.4 is 0 Å². The average molecular weight is 293 g/mol. The molecule has 0 saturated heterocycles. The van der Waals surface area contributed by atoms with E-state index in [1.165, 1.54) is 10.9 Å². The number of ether oxygens (including phenoxy) is 1. The van der Waals surface area contributed by atoms with Crippen LogP contribution in [0.1, 0.15) is 24.2 Å². The van der Waals surface area contributed by atoms with Crippen LogP contribution in [0.3, 0.4) is 0 Å². The fraction of sp³-hybridized carbons (Fsp3) is 0.211. The Balaban J connectivity index is 2.03. The summed E-state index contributed by atoms with van der Waals surface area (Å²) >= 11 is 0. The number of hydrogen-bond donors (Lipinski definition) is 0. The normalized spacial score (nSPS) is 10.8. The Hall–Kier alpha value is -2.55. The smallest absolute Gasteiger partial charge is 0.338 e. The molecule has 2 aromatic carbocycles. The number of carbonyl (C=O) groups is 1. The van der Waals surface area contributed by atoms with Crippen molar-refractivity contribution in [1.29, 1.82) is 0 Å². The molecule has 3 aromatic rings. The minimum atomic E-state index is -0.276. The number of hydrogen-bond acceptors (Lipinski definition) is 2. The van der Waals surface area contributed by atoms with E-state index in [4.69, 9.17) is 4.74 Å². The van der Waals surface area contributed by atoms with Crippen molar-refractivity contribution in [3.8, 4) is 11.1 Å². The molecule has 0 saturated carbocycles. The summed E-state index contributed by atoms with van der Waals surface area (Å²) < 4.78 is 7.29. The molecular weight excluding hydrogens is 274 g/mol. The molecule has 0 fully saturated rings. The first-order valence-electron chi connectivity index (χ1n) is 7.59. The van der Waals surface area contributed by atoms with Crippen molar-refractivity contribution in [2.45, 2.75) is 20.4 Å². The van der Waals surface area contributed by atoms with Gasteiger partial charge in [0.1, 0.15) is 0 Å². The fourth-order valence-corrected chi connectivity index (χ4v) is 2.68. The van der Waals surface area contributed by atoms with E-state index in [0.717, 1.165) is 17.7 Å². The van der Waals surface area contributed by atoms with Crippen molar-refractivity contribution in [2.75, 3.05) is 6.61 Å². The van der Waals surface area contributed by atoms with Gasteiger partial charge in [0, 0.05) is 18.3 Å². The quantitative estimate of drug-likeness (QED) is 0.663. The summed E-state index contributed by atoms with van der Waals surface area (Å²) in [5, 5.41) is 1.23. The number of aromatic nitrogens is 1. The predicted molar refractivity (Wildman–Crippen MR) is 89.0 cm³/mol. The van der Waals surface area contributed by atoms with Gasteiger partial charge in [-0.25, -0.2) is 4.79 Å². The number of benzene rings is 2. The summed E-state index contributed by atoms with van der Waals surface area (Å²) in [7, 11) is 0. The number of fused-ring (bicyclic) bond motifs is 1. The zero-order valence-corrected chi connectivity index (χ0v) is 12.9. The minimum Gasteiger partial charge on any atom is -0.462 e. The van der Waals surface area contributed by atoms with E-state index in [-0.39, 0.29) is 5.97 Å². The second-order valence-corrected chi connectivity index (χ2v) is 5.18. The van der Waals surface area contributed by atoms with E-state index in [1.54, 1.807) is 6.07 Å². The lowest BCUT2D eigenvalue weighted by Gasteiger charge is -2.07. The summed E-state index contributed by atoms with van der Waals surface area (Å²) in [6, 6.07) is 16.1. The van der Waals surface area contributed by atoms with E-state index in [1.807, 2.05) is 25.1 Å². The lowest BCUT2D eigenvalue weighted by Crippen LogP contribution is -2.04. The van der Waals surface area contributed by atoms with Crippen molar-refractivity contribution >= 4 is 16.9 Å². The van der Waals surface area contributed by atoms with Crippen LogP contribution in [0, 0.1) is 0 Å². The van der Waals surface area contributed by atoms with Gasteiger partial charge in [0.2, 0.25) is 0 Å². The minimum absolute atomic E-state index is 0.276. The Bertz CT molecular complexity index is 817. The summed E-state index contributed by atoms with van der Waals surface area (Å²) in [5.41, 5.74) is 3.93. The van der Waals surface area contributed by atoms with Crippen LogP contribution in [0.4, 0.5) is 0 Å². The second kappa shape index (κ2) is 6.06. The Kier molecular flexibility index (Phi) is 3.96. The fourth-order valence-electron chi connectivity index (χ4n) is 2.68. The molecule has 3 rings (SSSR count). The van der Waals surface area contributed by atoms with Gasteiger partial charge >= 0.3 is 5.97 Å². The highest BCUT2D eigenvalue weighted by molar-refractivity contribution is 5.92. The van der Waals surface area contributed by atoms with Crippen molar-refractivity contribution in [3.63, 3.8) is 0 Å². The van der Waals surface area contributed by atoms with Crippen LogP contribution >= 0.6 is 0 Å². The monoisotopic (exact) mass is 293 g/mol. The van der Waals surface area contributed by atoms with Gasteiger partial charge in [-0.1, -0.05) is 24.3 Å². The van der Waals surface area contributed by atoms with Gasteiger partial charge in [-0.3, -0.25) is 0 Å². The molecule has 3 nitrogen and oxygen atoms in total. The first-order chi connectivity index (χ1) is 10.7. The molecule has 1 heterocycles. The summed E-state index contributed by atoms with van der Waals surface area (Å²) in [5.74, 6) is -0.276. The molecule has 0 spiro atoms. The first kappa shape index (κ1) is 14.4. The molecule has 0 N–H and O–H groups in total. The molecule has 0 aliphatic carbocycles. The van der Waals surface area contributed by atoms with Crippen molar-refractivity contribution in [1.82, 2.24) is 4.57 Å². The van der Waals surface area contributed by atoms with Gasteiger partial charge in [-0.2, -0.15) is 0 Å². The zero-order valence-electron chi connectivity index (χ0n) is 12.9. The topological polar surface area (TPSA) is 31.2 Å². The van der Waals surface area contributed by atoms with Crippen molar-refractivity contribution < 1.29 is 9.53 Å². The van der Waals surface area contributed by atoms with Gasteiger partial charge in [0.05, 0.1) is 12.2 Å². The number of esters is 1. The molecule has 0 amide bonds. The molecule has 0 unspecified atom stereocenters. The number of nitrogens with zero attached hydrogens (tertiary/aromatic N) is 1. The maximum atomic E-state index is 11.9. The predicted octanol–water partition coefficient (Wildman–Crippen LogP) is 4.50. The van der Waals surface area contributed by atoms with E-state index in [0.29, 0.717) is 12.2 Å². The summed E-state index contributed by atoms with van der Waals surface area (Å²) in [4.78, 5) is 11.9. The molecular formula is C19H19NO2. The van der Waals surface area contributed by atoms with Crippen LogP contribution in [0.2, 0.25) is 0 Å². The van der Waals surface area contributed by atoms with Crippen LogP contribution in [0.5, 0.6) is 0 Å². The number of carbonyl (C=O) groups excluding carboxylic acids is 1. The van der Waals surface area contributed by atoms with Crippen LogP contribution in [0.25, 0.3) is 22.0 Å². The van der Waals surface area contributed by atoms with Gasteiger partial charge in [0.25, 0.3) is 0 Å². The maximum absolute atomic E-state index is 11.9. The largest absolute Gasteiger partial charge is 0.462 e. The highest BCUT2D eigenvalue weighted by atomic mass is 16.5. The molecule has 0 bridgehead atoms. The van der Waals surface area contributed by atoms with Gasteiger partial charge in [-0.05, 0) is 54.6 Å². The first-order valence-corrected chi connectivity index (χ1v) is 7.59. The van der Waals surface area contributed by atoms with Crippen molar-refractivity contribution in [2.24, 2.45) is 0 Å². The van der Waals surface area contributed by atoms with Crippen LogP contribution in [0.15, 0.2) is 54.7 Å². The number of rotatable bonds is 4. The van der Waals surface area contributed by atoms with Crippen LogP contribution in [-0.2, 0) is 11.3 Å². The van der Waals surface area contributed by atoms with Gasteiger partial charge in [-0.15, -0.1) is 0 Å². The lowest BCUT2D eigenvalue weighted by molar-refractivity contribution is 0.0526. The van der Waals surface area contributed by atoms with E-state index in [9.17, 15) is 4.79 Å². The van der Waals surface area contributed by atoms with E-state index < -0.39 is 0 Å². The second-order valence-electron chi connectivity index (χ2n) is 5.18. The number of aryl methyl sites for hydroxylation is 1. The molecule has 112 valence electrons. The molecule has 1 aromatic heterocycles. The third-order valence-electron chi connectivity index (χ3n) is 3.82. The molecule has 22 heavy (non-hydrogen) atoms. The highest BCUT2D eigenvalue weighted by Crippen LogP contribution is 2.26. The Morgan fingerprint density at radius 3 is 2.64 bits per heavy atom. The average Bonchev–Trinajstić information content (AvgIpc) is 2.97. The Morgan fingerprint density at radius 2 is 1.86 bits per heavy atom. The SMILES string of the molecule is CCOC(=O)c1cccc(-c2ccc3ccn(CC)c3c2)c1. The molecule has 0 atom stereocenters. The third-order valence-corrected chi connectivity index (χ3v) is 3.82. The molecule has 0 aliphatic heterocycles. The maximum Gasteiger partial charge on any atom is 0.338 e. The van der Waals surface area contributed by atoms with E-state index >= 15 is 0 Å². The van der Waals surface area contributed by atoms with Crippen LogP contribution in [-0.4, -0.2) is 17.1 Å². The Labute approximate surface area is 130 Å². The van der Waals surface area contributed by atoms with Crippen molar-refractivity contribution in [3.05, 3.63) is 60.3 Å². The van der Waals surface area contributed by atoms with Gasteiger partial charge < -0.3 is 9.30 Å². The summed E-state index contributed by atoms with van der Waals surface area (Å²) in [6.45, 7) is 5.27. The molecule has 0 aliphatic rings. The highest BCUT2D eigenvalue weighted by Gasteiger charge is 2.09. The summed E-state index contributed by atoms with van der Waals surface area (Å²) in [6.07, 6.45) is 2.10. The zero-order chi connectivity index (χ0) is 15.5. The van der Waals surface area contributed by atoms with E-state index in [2.05, 4.69) is 42.0 Å². The Morgan fingerprint density at radius 1 is 1.05 bits per heavy atom. The lowest BCUT2D eigenvalue weighted by atomic mass is 10.0. The molecule has 3 heteroatoms.